The maximum absolute atomic E-state index is 13.2. The summed E-state index contributed by atoms with van der Waals surface area (Å²) in [5.74, 6) is -0.104. The molecule has 96 valence electrons. The van der Waals surface area contributed by atoms with Crippen molar-refractivity contribution < 1.29 is 14.0 Å². The average molecular weight is 251 g/mol. The summed E-state index contributed by atoms with van der Waals surface area (Å²) in [5, 5.41) is 12.9. The van der Waals surface area contributed by atoms with Crippen LogP contribution in [0.4, 0.5) is 4.39 Å². The number of hydrogen-bond acceptors (Lipinski definition) is 5. The lowest BCUT2D eigenvalue weighted by Gasteiger charge is -2.01. The average Bonchev–Trinajstić information content (AvgIpc) is 2.81. The van der Waals surface area contributed by atoms with Gasteiger partial charge in [-0.15, -0.1) is 0 Å². The molecule has 0 radical (unpaired) electrons. The molecule has 0 aliphatic carbocycles. The predicted octanol–water partition coefficient (Wildman–Crippen LogP) is 1.72. The summed E-state index contributed by atoms with van der Waals surface area (Å²) >= 11 is 0. The summed E-state index contributed by atoms with van der Waals surface area (Å²) in [7, 11) is 0. The summed E-state index contributed by atoms with van der Waals surface area (Å²) in [5.41, 5.74) is 5.97. The fourth-order valence-corrected chi connectivity index (χ4v) is 1.48. The van der Waals surface area contributed by atoms with Gasteiger partial charge in [0, 0.05) is 12.0 Å². The SMILES string of the molecule is CC(CN)Cc1nc(-c2ccc(O)c(F)c2)no1. The van der Waals surface area contributed by atoms with E-state index >= 15 is 0 Å². The van der Waals surface area contributed by atoms with E-state index in [0.29, 0.717) is 30.2 Å². The number of hydrogen-bond donors (Lipinski definition) is 2. The molecule has 0 bridgehead atoms. The summed E-state index contributed by atoms with van der Waals surface area (Å²) in [6.45, 7) is 2.51. The van der Waals surface area contributed by atoms with E-state index in [9.17, 15) is 4.39 Å². The molecule has 0 amide bonds. The van der Waals surface area contributed by atoms with Crippen LogP contribution in [0.5, 0.6) is 5.75 Å². The molecule has 2 aromatic rings. The van der Waals surface area contributed by atoms with Gasteiger partial charge in [-0.3, -0.25) is 0 Å². The molecule has 0 spiro atoms. The van der Waals surface area contributed by atoms with Gasteiger partial charge in [-0.05, 0) is 30.7 Å². The Morgan fingerprint density at radius 3 is 2.94 bits per heavy atom. The minimum Gasteiger partial charge on any atom is -0.505 e. The second kappa shape index (κ2) is 5.14. The molecule has 18 heavy (non-hydrogen) atoms. The van der Waals surface area contributed by atoms with Gasteiger partial charge in [-0.25, -0.2) is 4.39 Å². The zero-order valence-electron chi connectivity index (χ0n) is 9.93. The first-order valence-electron chi connectivity index (χ1n) is 5.61. The van der Waals surface area contributed by atoms with Gasteiger partial charge in [0.05, 0.1) is 0 Å². The Labute approximate surface area is 103 Å². The van der Waals surface area contributed by atoms with Crippen molar-refractivity contribution in [3.05, 3.63) is 29.9 Å². The summed E-state index contributed by atoms with van der Waals surface area (Å²) in [4.78, 5) is 4.16. The van der Waals surface area contributed by atoms with Crippen molar-refractivity contribution in [3.63, 3.8) is 0 Å². The Hall–Kier alpha value is -1.95. The van der Waals surface area contributed by atoms with E-state index in [1.165, 1.54) is 12.1 Å². The van der Waals surface area contributed by atoms with Crippen molar-refractivity contribution in [1.29, 1.82) is 0 Å². The van der Waals surface area contributed by atoms with Crippen molar-refractivity contribution in [2.24, 2.45) is 11.7 Å². The second-order valence-corrected chi connectivity index (χ2v) is 4.22. The molecule has 1 aromatic carbocycles. The van der Waals surface area contributed by atoms with E-state index in [0.717, 1.165) is 6.07 Å². The third-order valence-electron chi connectivity index (χ3n) is 2.60. The van der Waals surface area contributed by atoms with Crippen LogP contribution in [0.15, 0.2) is 22.7 Å². The minimum atomic E-state index is -0.714. The highest BCUT2D eigenvalue weighted by atomic mass is 19.1. The van der Waals surface area contributed by atoms with Crippen LogP contribution in [0.25, 0.3) is 11.4 Å². The molecule has 3 N–H and O–H groups in total. The van der Waals surface area contributed by atoms with Gasteiger partial charge in [0.1, 0.15) is 0 Å². The van der Waals surface area contributed by atoms with Gasteiger partial charge in [-0.1, -0.05) is 12.1 Å². The first-order valence-corrected chi connectivity index (χ1v) is 5.61. The smallest absolute Gasteiger partial charge is 0.227 e. The van der Waals surface area contributed by atoms with E-state index in [-0.39, 0.29) is 5.92 Å². The van der Waals surface area contributed by atoms with Gasteiger partial charge in [-0.2, -0.15) is 4.98 Å². The molecule has 2 rings (SSSR count). The number of halogens is 1. The molecule has 1 aromatic heterocycles. The van der Waals surface area contributed by atoms with Crippen molar-refractivity contribution in [2.45, 2.75) is 13.3 Å². The van der Waals surface area contributed by atoms with Gasteiger partial charge < -0.3 is 15.4 Å². The number of rotatable bonds is 4. The van der Waals surface area contributed by atoms with Crippen LogP contribution < -0.4 is 5.73 Å². The number of aromatic hydroxyl groups is 1. The molecule has 0 aliphatic rings. The summed E-state index contributed by atoms with van der Waals surface area (Å²) in [6, 6.07) is 3.94. The molecule has 1 atom stereocenters. The van der Waals surface area contributed by atoms with Crippen LogP contribution in [-0.2, 0) is 6.42 Å². The van der Waals surface area contributed by atoms with E-state index in [4.69, 9.17) is 15.4 Å². The molecule has 6 heteroatoms. The van der Waals surface area contributed by atoms with Crippen molar-refractivity contribution >= 4 is 0 Å². The highest BCUT2D eigenvalue weighted by molar-refractivity contribution is 5.55. The normalized spacial score (nSPS) is 12.6. The molecule has 1 heterocycles. The fraction of sp³-hybridized carbons (Fsp3) is 0.333. The number of phenolic OH excluding ortho intramolecular Hbond substituents is 1. The molecule has 5 nitrogen and oxygen atoms in total. The van der Waals surface area contributed by atoms with Crippen molar-refractivity contribution in [2.75, 3.05) is 6.54 Å². The van der Waals surface area contributed by atoms with Crippen LogP contribution in [0.2, 0.25) is 0 Å². The van der Waals surface area contributed by atoms with Crippen LogP contribution in [0, 0.1) is 11.7 Å². The molecule has 0 fully saturated rings. The maximum Gasteiger partial charge on any atom is 0.227 e. The molecular weight excluding hydrogens is 237 g/mol. The first-order chi connectivity index (χ1) is 8.60. The van der Waals surface area contributed by atoms with Gasteiger partial charge >= 0.3 is 0 Å². The summed E-state index contributed by atoms with van der Waals surface area (Å²) < 4.78 is 18.2. The standard InChI is InChI=1S/C12H14FN3O2/c1-7(6-14)4-11-15-12(16-18-11)8-2-3-10(17)9(13)5-8/h2-3,5,7,17H,4,6,14H2,1H3. The van der Waals surface area contributed by atoms with Crippen molar-refractivity contribution in [1.82, 2.24) is 10.1 Å². The van der Waals surface area contributed by atoms with E-state index in [2.05, 4.69) is 10.1 Å². The monoisotopic (exact) mass is 251 g/mol. The van der Waals surface area contributed by atoms with Crippen LogP contribution >= 0.6 is 0 Å². The third-order valence-corrected chi connectivity index (χ3v) is 2.60. The minimum absolute atomic E-state index is 0.245. The quantitative estimate of drug-likeness (QED) is 0.864. The molecule has 0 saturated heterocycles. The molecular formula is C12H14FN3O2. The zero-order chi connectivity index (χ0) is 13.1. The van der Waals surface area contributed by atoms with Gasteiger partial charge in [0.25, 0.3) is 0 Å². The Kier molecular flexibility index (Phi) is 3.57. The largest absolute Gasteiger partial charge is 0.505 e. The molecule has 0 aliphatic heterocycles. The first kappa shape index (κ1) is 12.5. The van der Waals surface area contributed by atoms with Gasteiger partial charge in [0.2, 0.25) is 11.7 Å². The van der Waals surface area contributed by atoms with E-state index < -0.39 is 11.6 Å². The predicted molar refractivity (Wildman–Crippen MR) is 63.3 cm³/mol. The fourth-order valence-electron chi connectivity index (χ4n) is 1.48. The summed E-state index contributed by atoms with van der Waals surface area (Å²) in [6.07, 6.45) is 0.587. The van der Waals surface area contributed by atoms with E-state index in [1.54, 1.807) is 0 Å². The number of nitrogens with zero attached hydrogens (tertiary/aromatic N) is 2. The maximum atomic E-state index is 13.2. The van der Waals surface area contributed by atoms with E-state index in [1.807, 2.05) is 6.92 Å². The van der Waals surface area contributed by atoms with Crippen LogP contribution in [-0.4, -0.2) is 21.8 Å². The topological polar surface area (TPSA) is 85.2 Å². The van der Waals surface area contributed by atoms with Gasteiger partial charge in [0.15, 0.2) is 11.6 Å². The number of nitrogens with two attached hydrogens (primary N) is 1. The number of phenols is 1. The van der Waals surface area contributed by atoms with Crippen LogP contribution in [0.3, 0.4) is 0 Å². The second-order valence-electron chi connectivity index (χ2n) is 4.22. The Morgan fingerprint density at radius 2 is 2.28 bits per heavy atom. The Balaban J connectivity index is 2.21. The molecule has 0 saturated carbocycles. The zero-order valence-corrected chi connectivity index (χ0v) is 9.93. The highest BCUT2D eigenvalue weighted by Crippen LogP contribution is 2.23. The Bertz CT molecular complexity index is 542. The number of aromatic nitrogens is 2. The lowest BCUT2D eigenvalue weighted by molar-refractivity contribution is 0.359. The van der Waals surface area contributed by atoms with Crippen molar-refractivity contribution in [3.8, 4) is 17.1 Å². The highest BCUT2D eigenvalue weighted by Gasteiger charge is 2.12. The Morgan fingerprint density at radius 1 is 1.50 bits per heavy atom. The van der Waals surface area contributed by atoms with Crippen LogP contribution in [0.1, 0.15) is 12.8 Å². The lowest BCUT2D eigenvalue weighted by atomic mass is 10.1. The molecule has 1 unspecified atom stereocenters. The third kappa shape index (κ3) is 2.65. The lowest BCUT2D eigenvalue weighted by Crippen LogP contribution is -2.13. The number of benzene rings is 1.